The number of aromatic nitrogens is 1. The molecule has 0 unspecified atom stereocenters. The minimum Gasteiger partial charge on any atom is -0.466 e. The Morgan fingerprint density at radius 1 is 1.10 bits per heavy atom. The number of amides is 1. The number of nitrogens with one attached hydrogen (secondary N) is 1. The number of carbonyl (C=O) groups is 3. The fraction of sp³-hybridized carbons (Fsp3) is 0.381. The Morgan fingerprint density at radius 2 is 1.79 bits per heavy atom. The van der Waals surface area contributed by atoms with Gasteiger partial charge in [-0.25, -0.2) is 9.18 Å². The van der Waals surface area contributed by atoms with E-state index in [1.54, 1.807) is 32.0 Å². The molecule has 1 N–H and O–H groups in total. The minimum atomic E-state index is -0.617. The summed E-state index contributed by atoms with van der Waals surface area (Å²) in [5.41, 5.74) is 2.47. The zero-order valence-corrected chi connectivity index (χ0v) is 16.8. The first-order valence-corrected chi connectivity index (χ1v) is 9.37. The lowest BCUT2D eigenvalue weighted by Crippen LogP contribution is -2.30. The summed E-state index contributed by atoms with van der Waals surface area (Å²) in [5.74, 6) is -1.73. The first-order chi connectivity index (χ1) is 13.8. The number of rotatable bonds is 9. The predicted molar refractivity (Wildman–Crippen MR) is 104 cm³/mol. The third kappa shape index (κ3) is 6.17. The van der Waals surface area contributed by atoms with E-state index >= 15 is 0 Å². The van der Waals surface area contributed by atoms with Gasteiger partial charge in [0.15, 0.2) is 6.61 Å². The fourth-order valence-electron chi connectivity index (χ4n) is 2.91. The van der Waals surface area contributed by atoms with Crippen LogP contribution in [0.4, 0.5) is 4.39 Å². The standard InChI is InChI=1S/C21H25FN2O5/c1-4-28-20(26)6-5-11-23-19(25)13-29-21(27)18-12-14(2)24(15(18)3)17-9-7-16(22)8-10-17/h7-10,12H,4-6,11,13H2,1-3H3,(H,23,25). The highest BCUT2D eigenvalue weighted by Gasteiger charge is 2.19. The van der Waals surface area contributed by atoms with Crippen LogP contribution in [0.3, 0.4) is 0 Å². The second-order valence-electron chi connectivity index (χ2n) is 6.43. The number of esters is 2. The van der Waals surface area contributed by atoms with Crippen molar-refractivity contribution in [1.82, 2.24) is 9.88 Å². The third-order valence-corrected chi connectivity index (χ3v) is 4.26. The molecule has 0 aliphatic heterocycles. The number of nitrogens with zero attached hydrogens (tertiary/aromatic N) is 1. The van der Waals surface area contributed by atoms with E-state index in [1.807, 2.05) is 11.5 Å². The Kier molecular flexibility index (Phi) is 7.94. The Labute approximate surface area is 168 Å². The van der Waals surface area contributed by atoms with Gasteiger partial charge >= 0.3 is 11.9 Å². The van der Waals surface area contributed by atoms with Crippen molar-refractivity contribution in [3.63, 3.8) is 0 Å². The van der Waals surface area contributed by atoms with Gasteiger partial charge in [-0.05, 0) is 57.5 Å². The molecule has 1 amide bonds. The van der Waals surface area contributed by atoms with E-state index in [0.29, 0.717) is 24.3 Å². The Hall–Kier alpha value is -3.16. The van der Waals surface area contributed by atoms with Gasteiger partial charge < -0.3 is 19.4 Å². The van der Waals surface area contributed by atoms with Crippen molar-refractivity contribution in [2.45, 2.75) is 33.6 Å². The van der Waals surface area contributed by atoms with E-state index in [9.17, 15) is 18.8 Å². The van der Waals surface area contributed by atoms with Crippen molar-refractivity contribution in [1.29, 1.82) is 0 Å². The molecule has 0 fully saturated rings. The molecule has 156 valence electrons. The van der Waals surface area contributed by atoms with Crippen molar-refractivity contribution in [3.05, 3.63) is 53.1 Å². The number of ether oxygens (including phenoxy) is 2. The molecule has 0 bridgehead atoms. The summed E-state index contributed by atoms with van der Waals surface area (Å²) in [5, 5.41) is 2.58. The monoisotopic (exact) mass is 404 g/mol. The van der Waals surface area contributed by atoms with Gasteiger partial charge in [-0.15, -0.1) is 0 Å². The van der Waals surface area contributed by atoms with Crippen LogP contribution in [0.5, 0.6) is 0 Å². The van der Waals surface area contributed by atoms with E-state index in [-0.39, 0.29) is 24.8 Å². The van der Waals surface area contributed by atoms with Gasteiger partial charge in [-0.1, -0.05) is 0 Å². The molecule has 7 nitrogen and oxygen atoms in total. The SMILES string of the molecule is CCOC(=O)CCCNC(=O)COC(=O)c1cc(C)n(-c2ccc(F)cc2)c1C. The molecule has 0 radical (unpaired) electrons. The van der Waals surface area contributed by atoms with Gasteiger partial charge in [0.25, 0.3) is 5.91 Å². The highest BCUT2D eigenvalue weighted by atomic mass is 19.1. The minimum absolute atomic E-state index is 0.212. The Balaban J connectivity index is 1.88. The maximum atomic E-state index is 13.2. The number of hydrogen-bond acceptors (Lipinski definition) is 5. The first-order valence-electron chi connectivity index (χ1n) is 9.37. The van der Waals surface area contributed by atoms with Crippen LogP contribution in [-0.4, -0.2) is 42.2 Å². The van der Waals surface area contributed by atoms with E-state index in [0.717, 1.165) is 11.4 Å². The van der Waals surface area contributed by atoms with Gasteiger partial charge in [0.2, 0.25) is 0 Å². The van der Waals surface area contributed by atoms with E-state index < -0.39 is 18.5 Å². The molecule has 0 aliphatic rings. The molecule has 0 saturated carbocycles. The van der Waals surface area contributed by atoms with Crippen LogP contribution in [0, 0.1) is 19.7 Å². The molecule has 2 rings (SSSR count). The van der Waals surface area contributed by atoms with Crippen molar-refractivity contribution in [3.8, 4) is 5.69 Å². The first kappa shape index (κ1) is 22.1. The lowest BCUT2D eigenvalue weighted by Gasteiger charge is -2.10. The zero-order valence-electron chi connectivity index (χ0n) is 16.8. The number of halogens is 1. The van der Waals surface area contributed by atoms with Crippen LogP contribution in [0.1, 0.15) is 41.5 Å². The van der Waals surface area contributed by atoms with Crippen molar-refractivity contribution >= 4 is 17.8 Å². The molecular formula is C21H25FN2O5. The summed E-state index contributed by atoms with van der Waals surface area (Å²) in [4.78, 5) is 35.4. The molecular weight excluding hydrogens is 379 g/mol. The van der Waals surface area contributed by atoms with Crippen LogP contribution in [0.2, 0.25) is 0 Å². The number of carbonyl (C=O) groups excluding carboxylic acids is 3. The number of hydrogen-bond donors (Lipinski definition) is 1. The summed E-state index contributed by atoms with van der Waals surface area (Å²) >= 11 is 0. The molecule has 0 saturated heterocycles. The molecule has 1 heterocycles. The van der Waals surface area contributed by atoms with Crippen LogP contribution in [0.25, 0.3) is 5.69 Å². The van der Waals surface area contributed by atoms with Gasteiger partial charge in [-0.2, -0.15) is 0 Å². The van der Waals surface area contributed by atoms with Crippen molar-refractivity contribution in [2.24, 2.45) is 0 Å². The third-order valence-electron chi connectivity index (χ3n) is 4.26. The topological polar surface area (TPSA) is 86.6 Å². The fourth-order valence-corrected chi connectivity index (χ4v) is 2.91. The predicted octanol–water partition coefficient (Wildman–Crippen LogP) is 2.85. The highest BCUT2D eigenvalue weighted by molar-refractivity contribution is 5.93. The lowest BCUT2D eigenvalue weighted by atomic mass is 10.2. The smallest absolute Gasteiger partial charge is 0.340 e. The summed E-state index contributed by atoms with van der Waals surface area (Å²) in [6, 6.07) is 7.59. The molecule has 0 aliphatic carbocycles. The second-order valence-corrected chi connectivity index (χ2v) is 6.43. The van der Waals surface area contributed by atoms with Gasteiger partial charge in [0.1, 0.15) is 5.82 Å². The maximum Gasteiger partial charge on any atom is 0.340 e. The lowest BCUT2D eigenvalue weighted by molar-refractivity contribution is -0.143. The molecule has 0 atom stereocenters. The second kappa shape index (κ2) is 10.4. The van der Waals surface area contributed by atoms with E-state index in [2.05, 4.69) is 5.32 Å². The molecule has 1 aromatic carbocycles. The van der Waals surface area contributed by atoms with Gasteiger partial charge in [0, 0.05) is 30.0 Å². The largest absolute Gasteiger partial charge is 0.466 e. The number of benzene rings is 1. The normalized spacial score (nSPS) is 10.5. The molecule has 0 spiro atoms. The quantitative estimate of drug-likeness (QED) is 0.513. The Bertz CT molecular complexity index is 874. The Morgan fingerprint density at radius 3 is 2.45 bits per heavy atom. The summed E-state index contributed by atoms with van der Waals surface area (Å²) in [7, 11) is 0. The van der Waals surface area contributed by atoms with Crippen LogP contribution >= 0.6 is 0 Å². The van der Waals surface area contributed by atoms with Crippen LogP contribution in [-0.2, 0) is 19.1 Å². The summed E-state index contributed by atoms with van der Waals surface area (Å²) in [6.07, 6.45) is 0.653. The average molecular weight is 404 g/mol. The molecule has 8 heteroatoms. The molecule has 1 aromatic heterocycles. The average Bonchev–Trinajstić information content (AvgIpc) is 2.98. The summed E-state index contributed by atoms with van der Waals surface area (Å²) in [6.45, 7) is 5.49. The zero-order chi connectivity index (χ0) is 21.4. The van der Waals surface area contributed by atoms with E-state index in [4.69, 9.17) is 9.47 Å². The maximum absolute atomic E-state index is 13.2. The van der Waals surface area contributed by atoms with Gasteiger partial charge in [0.05, 0.1) is 12.2 Å². The van der Waals surface area contributed by atoms with E-state index in [1.165, 1.54) is 12.1 Å². The van der Waals surface area contributed by atoms with Crippen LogP contribution < -0.4 is 5.32 Å². The summed E-state index contributed by atoms with van der Waals surface area (Å²) < 4.78 is 24.9. The van der Waals surface area contributed by atoms with Gasteiger partial charge in [-0.3, -0.25) is 9.59 Å². The van der Waals surface area contributed by atoms with Crippen molar-refractivity contribution < 1.29 is 28.2 Å². The highest BCUT2D eigenvalue weighted by Crippen LogP contribution is 2.21. The molecule has 2 aromatic rings. The van der Waals surface area contributed by atoms with Crippen molar-refractivity contribution in [2.75, 3.05) is 19.8 Å². The van der Waals surface area contributed by atoms with Crippen LogP contribution in [0.15, 0.2) is 30.3 Å². The molecule has 29 heavy (non-hydrogen) atoms. The number of aryl methyl sites for hydroxylation is 1.